The average molecular weight is 268 g/mol. The first-order chi connectivity index (χ1) is 9.05. The van der Waals surface area contributed by atoms with E-state index in [1.54, 1.807) is 6.07 Å². The number of rotatable bonds is 4. The van der Waals surface area contributed by atoms with E-state index in [0.29, 0.717) is 13.1 Å². The highest BCUT2D eigenvalue weighted by Crippen LogP contribution is 2.32. The fourth-order valence-electron chi connectivity index (χ4n) is 2.44. The minimum atomic E-state index is -3.43. The lowest BCUT2D eigenvalue weighted by molar-refractivity contribution is -0.158. The summed E-state index contributed by atoms with van der Waals surface area (Å²) in [6.07, 6.45) is 0.775. The summed E-state index contributed by atoms with van der Waals surface area (Å²) in [5.41, 5.74) is -0.239. The smallest absolute Gasteiger partial charge is 0.337 e. The number of hydrogen-bond acceptors (Lipinski definition) is 2. The lowest BCUT2D eigenvalue weighted by Crippen LogP contribution is -2.41. The van der Waals surface area contributed by atoms with Crippen LogP contribution in [0.4, 0.5) is 8.78 Å². The van der Waals surface area contributed by atoms with Gasteiger partial charge in [0.05, 0.1) is 0 Å². The van der Waals surface area contributed by atoms with E-state index < -0.39 is 11.8 Å². The Morgan fingerprint density at radius 2 is 2.11 bits per heavy atom. The lowest BCUT2D eigenvalue weighted by Gasteiger charge is -2.23. The number of carbonyl (C=O) groups is 1. The number of hydrogen-bond donors (Lipinski definition) is 1. The standard InChI is InChI=1S/C14H18F2N2O/c1-17-9-11-7-8-18(10-11)13(19)14(15,16)12-5-3-2-4-6-12/h2-6,11,17H,7-10H2,1H3. The molecule has 19 heavy (non-hydrogen) atoms. The molecule has 0 saturated carbocycles. The number of carbonyl (C=O) groups excluding carboxylic acids is 1. The molecular formula is C14H18F2N2O. The van der Waals surface area contributed by atoms with Crippen LogP contribution in [-0.4, -0.2) is 37.5 Å². The van der Waals surface area contributed by atoms with E-state index in [-0.39, 0.29) is 11.5 Å². The third-order valence-electron chi connectivity index (χ3n) is 3.47. The zero-order valence-electron chi connectivity index (χ0n) is 10.9. The van der Waals surface area contributed by atoms with Gasteiger partial charge in [0, 0.05) is 18.7 Å². The topological polar surface area (TPSA) is 32.3 Å². The Morgan fingerprint density at radius 1 is 1.42 bits per heavy atom. The van der Waals surface area contributed by atoms with Crippen molar-refractivity contribution in [1.29, 1.82) is 0 Å². The normalized spacial score (nSPS) is 19.7. The zero-order valence-corrected chi connectivity index (χ0v) is 10.9. The Hall–Kier alpha value is -1.49. The van der Waals surface area contributed by atoms with Crippen molar-refractivity contribution in [2.24, 2.45) is 5.92 Å². The molecule has 1 aromatic rings. The van der Waals surface area contributed by atoms with Crippen LogP contribution in [0.15, 0.2) is 30.3 Å². The number of halogens is 2. The maximum Gasteiger partial charge on any atom is 0.349 e. The summed E-state index contributed by atoms with van der Waals surface area (Å²) in [6, 6.07) is 7.27. The van der Waals surface area contributed by atoms with Crippen LogP contribution in [0.5, 0.6) is 0 Å². The first-order valence-corrected chi connectivity index (χ1v) is 6.43. The summed E-state index contributed by atoms with van der Waals surface area (Å²) in [5.74, 6) is -4.26. The van der Waals surface area contributed by atoms with Crippen LogP contribution in [0.2, 0.25) is 0 Å². The monoisotopic (exact) mass is 268 g/mol. The molecule has 0 bridgehead atoms. The van der Waals surface area contributed by atoms with Gasteiger partial charge in [-0.3, -0.25) is 4.79 Å². The van der Waals surface area contributed by atoms with Crippen molar-refractivity contribution in [3.05, 3.63) is 35.9 Å². The summed E-state index contributed by atoms with van der Waals surface area (Å²) in [7, 11) is 1.82. The molecule has 1 atom stereocenters. The number of nitrogens with zero attached hydrogens (tertiary/aromatic N) is 1. The molecule has 1 heterocycles. The van der Waals surface area contributed by atoms with Crippen molar-refractivity contribution in [3.63, 3.8) is 0 Å². The van der Waals surface area contributed by atoms with Crippen LogP contribution in [0.1, 0.15) is 12.0 Å². The molecule has 5 heteroatoms. The maximum atomic E-state index is 14.1. The second kappa shape index (κ2) is 5.65. The van der Waals surface area contributed by atoms with Gasteiger partial charge in [-0.05, 0) is 25.9 Å². The third kappa shape index (κ3) is 2.92. The van der Waals surface area contributed by atoms with Crippen molar-refractivity contribution in [3.8, 4) is 0 Å². The highest BCUT2D eigenvalue weighted by molar-refractivity contribution is 5.85. The number of nitrogens with one attached hydrogen (secondary N) is 1. The quantitative estimate of drug-likeness (QED) is 0.904. The first kappa shape index (κ1) is 13.9. The van der Waals surface area contributed by atoms with Gasteiger partial charge in [0.15, 0.2) is 0 Å². The largest absolute Gasteiger partial charge is 0.349 e. The molecule has 1 N–H and O–H groups in total. The maximum absolute atomic E-state index is 14.1. The average Bonchev–Trinajstić information content (AvgIpc) is 2.88. The summed E-state index contributed by atoms with van der Waals surface area (Å²) in [6.45, 7) is 1.57. The molecule has 1 fully saturated rings. The molecule has 0 spiro atoms. The second-order valence-electron chi connectivity index (χ2n) is 4.90. The molecular weight excluding hydrogens is 250 g/mol. The fraction of sp³-hybridized carbons (Fsp3) is 0.500. The second-order valence-corrected chi connectivity index (χ2v) is 4.90. The number of alkyl halides is 2. The van der Waals surface area contributed by atoms with E-state index in [9.17, 15) is 13.6 Å². The van der Waals surface area contributed by atoms with Gasteiger partial charge in [0.25, 0.3) is 5.91 Å². The van der Waals surface area contributed by atoms with E-state index in [1.165, 1.54) is 29.2 Å². The van der Waals surface area contributed by atoms with Crippen molar-refractivity contribution in [2.75, 3.05) is 26.7 Å². The number of benzene rings is 1. The fourth-order valence-corrected chi connectivity index (χ4v) is 2.44. The van der Waals surface area contributed by atoms with Crippen LogP contribution in [0.3, 0.4) is 0 Å². The van der Waals surface area contributed by atoms with Gasteiger partial charge in [-0.1, -0.05) is 30.3 Å². The predicted octanol–water partition coefficient (Wildman–Crippen LogP) is 1.85. The highest BCUT2D eigenvalue weighted by Gasteiger charge is 2.45. The van der Waals surface area contributed by atoms with Gasteiger partial charge in [0.2, 0.25) is 0 Å². The van der Waals surface area contributed by atoms with Crippen LogP contribution in [0, 0.1) is 5.92 Å². The molecule has 3 nitrogen and oxygen atoms in total. The SMILES string of the molecule is CNCC1CCN(C(=O)C(F)(F)c2ccccc2)C1. The Balaban J connectivity index is 2.07. The van der Waals surface area contributed by atoms with Crippen LogP contribution < -0.4 is 5.32 Å². The molecule has 1 aliphatic rings. The molecule has 1 amide bonds. The molecule has 0 aromatic heterocycles. The van der Waals surface area contributed by atoms with Crippen LogP contribution >= 0.6 is 0 Å². The van der Waals surface area contributed by atoms with Crippen molar-refractivity contribution in [2.45, 2.75) is 12.3 Å². The van der Waals surface area contributed by atoms with E-state index >= 15 is 0 Å². The Labute approximate surface area is 111 Å². The van der Waals surface area contributed by atoms with E-state index in [0.717, 1.165) is 13.0 Å². The molecule has 1 saturated heterocycles. The minimum Gasteiger partial charge on any atom is -0.337 e. The van der Waals surface area contributed by atoms with Crippen molar-refractivity contribution in [1.82, 2.24) is 10.2 Å². The van der Waals surface area contributed by atoms with Gasteiger partial charge in [0.1, 0.15) is 0 Å². The van der Waals surface area contributed by atoms with E-state index in [4.69, 9.17) is 0 Å². The molecule has 0 radical (unpaired) electrons. The zero-order chi connectivity index (χ0) is 13.9. The number of likely N-dealkylation sites (tertiary alicyclic amines) is 1. The molecule has 1 unspecified atom stereocenters. The lowest BCUT2D eigenvalue weighted by atomic mass is 10.1. The Bertz CT molecular complexity index is 436. The third-order valence-corrected chi connectivity index (χ3v) is 3.47. The molecule has 1 aliphatic heterocycles. The predicted molar refractivity (Wildman–Crippen MR) is 68.9 cm³/mol. The molecule has 104 valence electrons. The summed E-state index contributed by atoms with van der Waals surface area (Å²) in [5, 5.41) is 3.01. The highest BCUT2D eigenvalue weighted by atomic mass is 19.3. The van der Waals surface area contributed by atoms with Gasteiger partial charge in [-0.2, -0.15) is 8.78 Å². The summed E-state index contributed by atoms with van der Waals surface area (Å²) < 4.78 is 28.2. The van der Waals surface area contributed by atoms with Gasteiger partial charge in [-0.15, -0.1) is 0 Å². The van der Waals surface area contributed by atoms with Crippen LogP contribution in [-0.2, 0) is 10.7 Å². The minimum absolute atomic E-state index is 0.239. The van der Waals surface area contributed by atoms with E-state index in [1.807, 2.05) is 7.05 Å². The van der Waals surface area contributed by atoms with Gasteiger partial charge >= 0.3 is 5.92 Å². The van der Waals surface area contributed by atoms with Crippen LogP contribution in [0.25, 0.3) is 0 Å². The first-order valence-electron chi connectivity index (χ1n) is 6.43. The van der Waals surface area contributed by atoms with Gasteiger partial charge < -0.3 is 10.2 Å². The van der Waals surface area contributed by atoms with Crippen molar-refractivity contribution >= 4 is 5.91 Å². The summed E-state index contributed by atoms with van der Waals surface area (Å²) in [4.78, 5) is 13.2. The molecule has 1 aromatic carbocycles. The molecule has 2 rings (SSSR count). The Kier molecular flexibility index (Phi) is 4.14. The number of amides is 1. The molecule has 0 aliphatic carbocycles. The van der Waals surface area contributed by atoms with Gasteiger partial charge in [-0.25, -0.2) is 0 Å². The van der Waals surface area contributed by atoms with E-state index in [2.05, 4.69) is 5.32 Å². The Morgan fingerprint density at radius 3 is 2.74 bits per heavy atom. The summed E-state index contributed by atoms with van der Waals surface area (Å²) >= 11 is 0. The van der Waals surface area contributed by atoms with Crippen molar-refractivity contribution < 1.29 is 13.6 Å².